The van der Waals surface area contributed by atoms with Crippen LogP contribution in [0.5, 0.6) is 0 Å². The molecule has 0 unspecified atom stereocenters. The van der Waals surface area contributed by atoms with Crippen molar-refractivity contribution in [3.8, 4) is 0 Å². The van der Waals surface area contributed by atoms with Crippen molar-refractivity contribution in [2.45, 2.75) is 39.2 Å². The molecular formula is C10H20O3. The van der Waals surface area contributed by atoms with E-state index in [0.717, 1.165) is 0 Å². The molecule has 0 aromatic heterocycles. The molecule has 78 valence electrons. The van der Waals surface area contributed by atoms with Gasteiger partial charge in [0.05, 0.1) is 0 Å². The van der Waals surface area contributed by atoms with Gasteiger partial charge in [0.15, 0.2) is 5.78 Å². The highest BCUT2D eigenvalue weighted by molar-refractivity contribution is 5.88. The summed E-state index contributed by atoms with van der Waals surface area (Å²) in [6.07, 6.45) is 1.40. The molecule has 0 aliphatic heterocycles. The number of hydrogen-bond donors (Lipinski definition) is 0. The quantitative estimate of drug-likeness (QED) is 0.611. The number of hydrogen-bond acceptors (Lipinski definition) is 3. The smallest absolute Gasteiger partial charge is 0.190 e. The Kier molecular flexibility index (Phi) is 5.91. The van der Waals surface area contributed by atoms with Gasteiger partial charge in [-0.15, -0.1) is 0 Å². The summed E-state index contributed by atoms with van der Waals surface area (Å²) in [4.78, 5) is 11.7. The Balaban J connectivity index is 4.26. The van der Waals surface area contributed by atoms with Crippen molar-refractivity contribution in [2.75, 3.05) is 20.3 Å². The molecule has 0 bridgehead atoms. The van der Waals surface area contributed by atoms with Crippen LogP contribution in [0.1, 0.15) is 33.6 Å². The number of Topliss-reactive ketones (excluding diaryl/α,β-unsaturated/α-hetero) is 1. The van der Waals surface area contributed by atoms with Gasteiger partial charge in [-0.25, -0.2) is 0 Å². The molecule has 0 aromatic rings. The molecule has 0 N–H and O–H groups in total. The van der Waals surface area contributed by atoms with E-state index in [0.29, 0.717) is 19.4 Å². The van der Waals surface area contributed by atoms with E-state index in [9.17, 15) is 4.79 Å². The van der Waals surface area contributed by atoms with Crippen LogP contribution >= 0.6 is 0 Å². The normalized spacial score (nSPS) is 11.7. The first-order valence-electron chi connectivity index (χ1n) is 4.83. The molecule has 0 spiro atoms. The van der Waals surface area contributed by atoms with Gasteiger partial charge in [-0.2, -0.15) is 0 Å². The van der Waals surface area contributed by atoms with E-state index in [1.54, 1.807) is 7.11 Å². The molecule has 0 radical (unpaired) electrons. The zero-order valence-corrected chi connectivity index (χ0v) is 9.05. The number of carbonyl (C=O) groups is 1. The molecule has 3 heteroatoms. The van der Waals surface area contributed by atoms with Gasteiger partial charge in [0.2, 0.25) is 0 Å². The number of ether oxygens (including phenoxy) is 2. The number of carbonyl (C=O) groups excluding carboxylic acids is 1. The zero-order valence-electron chi connectivity index (χ0n) is 9.05. The molecule has 3 nitrogen and oxygen atoms in total. The third-order valence-electron chi connectivity index (χ3n) is 2.48. The summed E-state index contributed by atoms with van der Waals surface area (Å²) in [6.45, 7) is 6.51. The van der Waals surface area contributed by atoms with Gasteiger partial charge in [-0.1, -0.05) is 13.8 Å². The van der Waals surface area contributed by atoms with Crippen molar-refractivity contribution < 1.29 is 14.3 Å². The molecule has 0 rings (SSSR count). The molecule has 0 saturated carbocycles. The van der Waals surface area contributed by atoms with Crippen molar-refractivity contribution in [3.05, 3.63) is 0 Å². The number of rotatable bonds is 7. The van der Waals surface area contributed by atoms with E-state index in [-0.39, 0.29) is 12.4 Å². The average molecular weight is 188 g/mol. The Labute approximate surface area is 80.4 Å². The Morgan fingerprint density at radius 2 is 1.77 bits per heavy atom. The van der Waals surface area contributed by atoms with Gasteiger partial charge >= 0.3 is 0 Å². The second kappa shape index (κ2) is 6.11. The van der Waals surface area contributed by atoms with Crippen LogP contribution in [0, 0.1) is 0 Å². The Morgan fingerprint density at radius 1 is 1.23 bits per heavy atom. The van der Waals surface area contributed by atoms with Crippen molar-refractivity contribution in [1.29, 1.82) is 0 Å². The van der Waals surface area contributed by atoms with Crippen LogP contribution in [-0.4, -0.2) is 31.7 Å². The van der Waals surface area contributed by atoms with Crippen LogP contribution in [0.25, 0.3) is 0 Å². The van der Waals surface area contributed by atoms with Crippen molar-refractivity contribution in [3.63, 3.8) is 0 Å². The summed E-state index contributed by atoms with van der Waals surface area (Å²) in [6, 6.07) is 0. The molecule has 0 heterocycles. The lowest BCUT2D eigenvalue weighted by atomic mass is 9.92. The van der Waals surface area contributed by atoms with Crippen LogP contribution in [0.3, 0.4) is 0 Å². The fraction of sp³-hybridized carbons (Fsp3) is 0.900. The van der Waals surface area contributed by atoms with Crippen molar-refractivity contribution in [2.24, 2.45) is 0 Å². The lowest BCUT2D eigenvalue weighted by molar-refractivity contribution is -0.146. The Bertz CT molecular complexity index is 142. The summed E-state index contributed by atoms with van der Waals surface area (Å²) in [5, 5.41) is 0. The van der Waals surface area contributed by atoms with Gasteiger partial charge in [0.25, 0.3) is 0 Å². The standard InChI is InChI=1S/C10H20O3/c1-5-10(6-2,12-4)9(11)8-13-7-3/h5-8H2,1-4H3. The average Bonchev–Trinajstić information content (AvgIpc) is 2.18. The van der Waals surface area contributed by atoms with E-state index in [1.165, 1.54) is 0 Å². The molecule has 0 atom stereocenters. The lowest BCUT2D eigenvalue weighted by Crippen LogP contribution is -2.41. The fourth-order valence-electron chi connectivity index (χ4n) is 1.37. The van der Waals surface area contributed by atoms with E-state index in [4.69, 9.17) is 9.47 Å². The highest BCUT2D eigenvalue weighted by Gasteiger charge is 2.33. The number of ketones is 1. The lowest BCUT2D eigenvalue weighted by Gasteiger charge is -2.28. The maximum Gasteiger partial charge on any atom is 0.190 e. The Morgan fingerprint density at radius 3 is 2.08 bits per heavy atom. The number of methoxy groups -OCH3 is 1. The second-order valence-corrected chi connectivity index (χ2v) is 2.97. The van der Waals surface area contributed by atoms with E-state index < -0.39 is 5.60 Å². The van der Waals surface area contributed by atoms with E-state index >= 15 is 0 Å². The Hall–Kier alpha value is -0.410. The molecule has 0 fully saturated rings. The zero-order chi connectivity index (χ0) is 10.3. The highest BCUT2D eigenvalue weighted by atomic mass is 16.5. The summed E-state index contributed by atoms with van der Waals surface area (Å²) in [5.41, 5.74) is -0.630. The van der Waals surface area contributed by atoms with Crippen LogP contribution in [0.2, 0.25) is 0 Å². The second-order valence-electron chi connectivity index (χ2n) is 2.97. The summed E-state index contributed by atoms with van der Waals surface area (Å²) >= 11 is 0. The molecule has 13 heavy (non-hydrogen) atoms. The third-order valence-corrected chi connectivity index (χ3v) is 2.48. The third kappa shape index (κ3) is 3.08. The first-order valence-corrected chi connectivity index (χ1v) is 4.83. The van der Waals surface area contributed by atoms with Crippen molar-refractivity contribution in [1.82, 2.24) is 0 Å². The molecular weight excluding hydrogens is 168 g/mol. The summed E-state index contributed by atoms with van der Waals surface area (Å²) in [5.74, 6) is 0.0434. The fourth-order valence-corrected chi connectivity index (χ4v) is 1.37. The first kappa shape index (κ1) is 12.6. The maximum absolute atomic E-state index is 11.7. The van der Waals surface area contributed by atoms with Gasteiger partial charge in [-0.05, 0) is 19.8 Å². The molecule has 0 amide bonds. The minimum atomic E-state index is -0.630. The van der Waals surface area contributed by atoms with Crippen LogP contribution in [0.15, 0.2) is 0 Å². The van der Waals surface area contributed by atoms with Gasteiger partial charge in [0, 0.05) is 13.7 Å². The topological polar surface area (TPSA) is 35.5 Å². The van der Waals surface area contributed by atoms with Crippen LogP contribution in [-0.2, 0) is 14.3 Å². The maximum atomic E-state index is 11.7. The van der Waals surface area contributed by atoms with Gasteiger partial charge < -0.3 is 9.47 Å². The molecule has 0 saturated heterocycles. The van der Waals surface area contributed by atoms with Crippen LogP contribution < -0.4 is 0 Å². The minimum absolute atomic E-state index is 0.0434. The predicted octanol–water partition coefficient (Wildman–Crippen LogP) is 1.80. The molecule has 0 aromatic carbocycles. The van der Waals surface area contributed by atoms with Gasteiger partial charge in [0.1, 0.15) is 12.2 Å². The predicted molar refractivity (Wildman–Crippen MR) is 51.8 cm³/mol. The monoisotopic (exact) mass is 188 g/mol. The molecule has 0 aliphatic carbocycles. The summed E-state index contributed by atoms with van der Waals surface area (Å²) < 4.78 is 10.3. The molecule has 0 aliphatic rings. The minimum Gasteiger partial charge on any atom is -0.374 e. The highest BCUT2D eigenvalue weighted by Crippen LogP contribution is 2.20. The van der Waals surface area contributed by atoms with E-state index in [2.05, 4.69) is 0 Å². The summed E-state index contributed by atoms with van der Waals surface area (Å²) in [7, 11) is 1.58. The van der Waals surface area contributed by atoms with Gasteiger partial charge in [-0.3, -0.25) is 4.79 Å². The van der Waals surface area contributed by atoms with Crippen molar-refractivity contribution >= 4 is 5.78 Å². The van der Waals surface area contributed by atoms with E-state index in [1.807, 2.05) is 20.8 Å². The largest absolute Gasteiger partial charge is 0.374 e. The SMILES string of the molecule is CCOCC(=O)C(CC)(CC)OC. The first-order chi connectivity index (χ1) is 6.16. The van der Waals surface area contributed by atoms with Crippen LogP contribution in [0.4, 0.5) is 0 Å².